The summed E-state index contributed by atoms with van der Waals surface area (Å²) >= 11 is 0. The molecule has 0 saturated heterocycles. The fourth-order valence-electron chi connectivity index (χ4n) is 1.46. The predicted molar refractivity (Wildman–Crippen MR) is 68.6 cm³/mol. The van der Waals surface area contributed by atoms with E-state index in [2.05, 4.69) is 20.0 Å². The first-order chi connectivity index (χ1) is 8.83. The maximum Gasteiger partial charge on any atom is 0.123 e. The lowest BCUT2D eigenvalue weighted by molar-refractivity contribution is 0.215. The van der Waals surface area contributed by atoms with Gasteiger partial charge in [-0.3, -0.25) is 4.98 Å². The molecule has 5 heteroatoms. The standard InChI is InChI=1S/C13H13N3O2/c1-17-11-7-10(9-15-18-2)16-13(8-11)12-5-3-4-6-14-12/h3-9H,1-2H3. The maximum atomic E-state index is 5.23. The molecule has 0 atom stereocenters. The third kappa shape index (κ3) is 2.82. The van der Waals surface area contributed by atoms with Crippen LogP contribution in [0.1, 0.15) is 5.69 Å². The summed E-state index contributed by atoms with van der Waals surface area (Å²) in [5.41, 5.74) is 2.16. The molecule has 0 aliphatic carbocycles. The van der Waals surface area contributed by atoms with Crippen LogP contribution in [-0.4, -0.2) is 30.4 Å². The van der Waals surface area contributed by atoms with E-state index in [4.69, 9.17) is 4.74 Å². The summed E-state index contributed by atoms with van der Waals surface area (Å²) in [7, 11) is 3.09. The van der Waals surface area contributed by atoms with Gasteiger partial charge in [0.15, 0.2) is 0 Å². The Hall–Kier alpha value is -2.43. The highest BCUT2D eigenvalue weighted by atomic mass is 16.6. The second kappa shape index (κ2) is 5.77. The van der Waals surface area contributed by atoms with E-state index in [-0.39, 0.29) is 0 Å². The summed E-state index contributed by atoms with van der Waals surface area (Å²) in [4.78, 5) is 13.3. The number of aromatic nitrogens is 2. The number of oxime groups is 1. The van der Waals surface area contributed by atoms with Crippen LogP contribution in [0.4, 0.5) is 0 Å². The zero-order chi connectivity index (χ0) is 12.8. The molecule has 0 bridgehead atoms. The molecule has 18 heavy (non-hydrogen) atoms. The fourth-order valence-corrected chi connectivity index (χ4v) is 1.46. The number of nitrogens with zero attached hydrogens (tertiary/aromatic N) is 3. The Labute approximate surface area is 105 Å². The monoisotopic (exact) mass is 243 g/mol. The van der Waals surface area contributed by atoms with Crippen LogP contribution in [0.5, 0.6) is 5.75 Å². The smallest absolute Gasteiger partial charge is 0.123 e. The number of methoxy groups -OCH3 is 1. The summed E-state index contributed by atoms with van der Waals surface area (Å²) in [6.07, 6.45) is 3.24. The number of ether oxygens (including phenoxy) is 1. The van der Waals surface area contributed by atoms with E-state index in [0.717, 1.165) is 11.4 Å². The van der Waals surface area contributed by atoms with Crippen LogP contribution in [0.3, 0.4) is 0 Å². The van der Waals surface area contributed by atoms with Crippen molar-refractivity contribution in [2.24, 2.45) is 5.16 Å². The van der Waals surface area contributed by atoms with Gasteiger partial charge in [-0.2, -0.15) is 0 Å². The van der Waals surface area contributed by atoms with E-state index >= 15 is 0 Å². The van der Waals surface area contributed by atoms with E-state index < -0.39 is 0 Å². The molecule has 2 rings (SSSR count). The normalized spacial score (nSPS) is 10.6. The van der Waals surface area contributed by atoms with E-state index in [1.165, 1.54) is 13.3 Å². The third-order valence-corrected chi connectivity index (χ3v) is 2.27. The van der Waals surface area contributed by atoms with Gasteiger partial charge in [0.25, 0.3) is 0 Å². The highest BCUT2D eigenvalue weighted by molar-refractivity contribution is 5.78. The Balaban J connectivity index is 2.44. The lowest BCUT2D eigenvalue weighted by Crippen LogP contribution is -1.95. The van der Waals surface area contributed by atoms with Gasteiger partial charge in [0, 0.05) is 18.3 Å². The molecule has 2 heterocycles. The van der Waals surface area contributed by atoms with Crippen LogP contribution < -0.4 is 4.74 Å². The largest absolute Gasteiger partial charge is 0.497 e. The van der Waals surface area contributed by atoms with Crippen molar-refractivity contribution in [3.05, 3.63) is 42.2 Å². The van der Waals surface area contributed by atoms with Crippen LogP contribution in [0.15, 0.2) is 41.7 Å². The van der Waals surface area contributed by atoms with E-state index in [1.54, 1.807) is 19.4 Å². The Morgan fingerprint density at radius 1 is 1.17 bits per heavy atom. The maximum absolute atomic E-state index is 5.23. The molecule has 2 aromatic rings. The van der Waals surface area contributed by atoms with Gasteiger partial charge in [0.05, 0.1) is 30.4 Å². The summed E-state index contributed by atoms with van der Waals surface area (Å²) in [5, 5.41) is 3.69. The predicted octanol–water partition coefficient (Wildman–Crippen LogP) is 2.13. The van der Waals surface area contributed by atoms with Crippen molar-refractivity contribution in [1.29, 1.82) is 0 Å². The molecule has 0 aliphatic rings. The first-order valence-corrected chi connectivity index (χ1v) is 5.37. The number of hydrogen-bond acceptors (Lipinski definition) is 5. The second-order valence-electron chi connectivity index (χ2n) is 3.45. The molecule has 0 radical (unpaired) electrons. The Morgan fingerprint density at radius 3 is 2.72 bits per heavy atom. The van der Waals surface area contributed by atoms with Gasteiger partial charge >= 0.3 is 0 Å². The van der Waals surface area contributed by atoms with Crippen molar-refractivity contribution in [2.45, 2.75) is 0 Å². The molecule has 5 nitrogen and oxygen atoms in total. The summed E-state index contributed by atoms with van der Waals surface area (Å²) in [6, 6.07) is 9.25. The van der Waals surface area contributed by atoms with Gasteiger partial charge in [0.1, 0.15) is 12.9 Å². The molecular weight excluding hydrogens is 230 g/mol. The molecule has 0 N–H and O–H groups in total. The third-order valence-electron chi connectivity index (χ3n) is 2.27. The number of pyridine rings is 2. The SMILES string of the molecule is CON=Cc1cc(OC)cc(-c2ccccn2)n1. The minimum Gasteiger partial charge on any atom is -0.497 e. The van der Waals surface area contributed by atoms with Crippen LogP contribution >= 0.6 is 0 Å². The van der Waals surface area contributed by atoms with Gasteiger partial charge in [-0.25, -0.2) is 4.98 Å². The first kappa shape index (κ1) is 12.0. The molecule has 0 amide bonds. The lowest BCUT2D eigenvalue weighted by atomic mass is 10.2. The molecule has 0 spiro atoms. The quantitative estimate of drug-likeness (QED) is 0.609. The molecule has 0 unspecified atom stereocenters. The van der Waals surface area contributed by atoms with E-state index in [9.17, 15) is 0 Å². The average molecular weight is 243 g/mol. The summed E-state index contributed by atoms with van der Waals surface area (Å²) in [6.45, 7) is 0. The van der Waals surface area contributed by atoms with Crippen molar-refractivity contribution in [1.82, 2.24) is 9.97 Å². The number of rotatable bonds is 4. The van der Waals surface area contributed by atoms with Crippen LogP contribution in [0, 0.1) is 0 Å². The zero-order valence-electron chi connectivity index (χ0n) is 10.2. The number of hydrogen-bond donors (Lipinski definition) is 0. The Bertz CT molecular complexity index is 541. The van der Waals surface area contributed by atoms with E-state index in [1.807, 2.05) is 24.3 Å². The van der Waals surface area contributed by atoms with Crippen LogP contribution in [0.25, 0.3) is 11.4 Å². The van der Waals surface area contributed by atoms with Crippen molar-refractivity contribution < 1.29 is 9.57 Å². The molecule has 2 aromatic heterocycles. The van der Waals surface area contributed by atoms with Gasteiger partial charge in [-0.1, -0.05) is 11.2 Å². The van der Waals surface area contributed by atoms with E-state index in [0.29, 0.717) is 11.4 Å². The molecule has 0 fully saturated rings. The van der Waals surface area contributed by atoms with Gasteiger partial charge in [-0.15, -0.1) is 0 Å². The molecule has 0 aliphatic heterocycles. The Kier molecular flexibility index (Phi) is 3.86. The molecular formula is C13H13N3O2. The van der Waals surface area contributed by atoms with Crippen molar-refractivity contribution in [3.8, 4) is 17.1 Å². The highest BCUT2D eigenvalue weighted by Crippen LogP contribution is 2.20. The fraction of sp³-hybridized carbons (Fsp3) is 0.154. The Morgan fingerprint density at radius 2 is 2.06 bits per heavy atom. The molecule has 92 valence electrons. The zero-order valence-corrected chi connectivity index (χ0v) is 10.2. The minimum atomic E-state index is 0.650. The van der Waals surface area contributed by atoms with Gasteiger partial charge in [0.2, 0.25) is 0 Å². The van der Waals surface area contributed by atoms with Crippen LogP contribution in [-0.2, 0) is 4.84 Å². The lowest BCUT2D eigenvalue weighted by Gasteiger charge is -2.05. The molecule has 0 aromatic carbocycles. The van der Waals surface area contributed by atoms with Crippen LogP contribution in [0.2, 0.25) is 0 Å². The summed E-state index contributed by atoms with van der Waals surface area (Å²) < 4.78 is 5.23. The minimum absolute atomic E-state index is 0.650. The van der Waals surface area contributed by atoms with Crippen molar-refractivity contribution in [3.63, 3.8) is 0 Å². The van der Waals surface area contributed by atoms with Crippen molar-refractivity contribution >= 4 is 6.21 Å². The summed E-state index contributed by atoms with van der Waals surface area (Å²) in [5.74, 6) is 0.697. The van der Waals surface area contributed by atoms with Gasteiger partial charge < -0.3 is 9.57 Å². The van der Waals surface area contributed by atoms with Crippen molar-refractivity contribution in [2.75, 3.05) is 14.2 Å². The first-order valence-electron chi connectivity index (χ1n) is 5.37. The second-order valence-corrected chi connectivity index (χ2v) is 3.45. The topological polar surface area (TPSA) is 56.6 Å². The molecule has 0 saturated carbocycles. The highest BCUT2D eigenvalue weighted by Gasteiger charge is 2.05. The average Bonchev–Trinajstić information content (AvgIpc) is 2.45. The van der Waals surface area contributed by atoms with Gasteiger partial charge in [-0.05, 0) is 12.1 Å².